The summed E-state index contributed by atoms with van der Waals surface area (Å²) in [6, 6.07) is 4.82. The minimum absolute atomic E-state index is 0.00694. The minimum Gasteiger partial charge on any atom is -0.493 e. The first kappa shape index (κ1) is 10.7. The minimum atomic E-state index is -2.88. The molecular weight excluding hydrogens is 192 g/mol. The molecule has 3 nitrogen and oxygen atoms in total. The van der Waals surface area contributed by atoms with Crippen LogP contribution >= 0.6 is 0 Å². The SMILES string of the molecule is COc1cccc(CN)c1OC(F)F. The Morgan fingerprint density at radius 3 is 2.64 bits per heavy atom. The van der Waals surface area contributed by atoms with Gasteiger partial charge < -0.3 is 15.2 Å². The Kier molecular flexibility index (Phi) is 3.64. The lowest BCUT2D eigenvalue weighted by Crippen LogP contribution is -2.08. The van der Waals surface area contributed by atoms with Gasteiger partial charge in [0.1, 0.15) is 0 Å². The lowest BCUT2D eigenvalue weighted by Gasteiger charge is -2.12. The molecule has 0 aliphatic rings. The van der Waals surface area contributed by atoms with Crippen LogP contribution in [0.5, 0.6) is 11.5 Å². The van der Waals surface area contributed by atoms with Crippen molar-refractivity contribution >= 4 is 0 Å². The second-order valence-electron chi connectivity index (χ2n) is 2.53. The first-order valence-corrected chi connectivity index (χ1v) is 3.99. The standard InChI is InChI=1S/C9H11F2NO2/c1-13-7-4-2-3-6(5-12)8(7)14-9(10)11/h2-4,9H,5,12H2,1H3. The number of benzene rings is 1. The van der Waals surface area contributed by atoms with Gasteiger partial charge in [0.2, 0.25) is 0 Å². The Bertz CT molecular complexity index is 283. The van der Waals surface area contributed by atoms with Crippen LogP contribution in [0.15, 0.2) is 18.2 Å². The van der Waals surface area contributed by atoms with Gasteiger partial charge >= 0.3 is 6.61 Å². The molecule has 0 spiro atoms. The Hall–Kier alpha value is -1.36. The summed E-state index contributed by atoms with van der Waals surface area (Å²) in [5.41, 5.74) is 5.86. The van der Waals surface area contributed by atoms with Crippen molar-refractivity contribution in [3.63, 3.8) is 0 Å². The van der Waals surface area contributed by atoms with E-state index in [4.69, 9.17) is 10.5 Å². The quantitative estimate of drug-likeness (QED) is 0.810. The Labute approximate surface area is 80.4 Å². The topological polar surface area (TPSA) is 44.5 Å². The van der Waals surface area contributed by atoms with E-state index < -0.39 is 6.61 Å². The number of alkyl halides is 2. The molecule has 0 saturated carbocycles. The average Bonchev–Trinajstić information content (AvgIpc) is 2.17. The number of hydrogen-bond donors (Lipinski definition) is 1. The molecule has 78 valence electrons. The number of ether oxygens (including phenoxy) is 2. The fourth-order valence-corrected chi connectivity index (χ4v) is 1.11. The summed E-state index contributed by atoms with van der Waals surface area (Å²) in [5.74, 6) is 0.265. The fourth-order valence-electron chi connectivity index (χ4n) is 1.11. The van der Waals surface area contributed by atoms with Crippen LogP contribution in [0.4, 0.5) is 8.78 Å². The zero-order valence-electron chi connectivity index (χ0n) is 7.67. The van der Waals surface area contributed by atoms with E-state index in [1.807, 2.05) is 0 Å². The molecule has 0 bridgehead atoms. The zero-order valence-corrected chi connectivity index (χ0v) is 7.67. The van der Waals surface area contributed by atoms with Crippen molar-refractivity contribution in [3.8, 4) is 11.5 Å². The third-order valence-corrected chi connectivity index (χ3v) is 1.71. The Morgan fingerprint density at radius 1 is 1.43 bits per heavy atom. The highest BCUT2D eigenvalue weighted by atomic mass is 19.3. The maximum Gasteiger partial charge on any atom is 0.387 e. The van der Waals surface area contributed by atoms with Gasteiger partial charge in [0.05, 0.1) is 7.11 Å². The van der Waals surface area contributed by atoms with E-state index in [1.54, 1.807) is 12.1 Å². The highest BCUT2D eigenvalue weighted by molar-refractivity contribution is 5.46. The summed E-state index contributed by atoms with van der Waals surface area (Å²) in [6.07, 6.45) is 0. The first-order chi connectivity index (χ1) is 6.69. The van der Waals surface area contributed by atoms with Gasteiger partial charge in [-0.15, -0.1) is 0 Å². The van der Waals surface area contributed by atoms with E-state index in [9.17, 15) is 8.78 Å². The van der Waals surface area contributed by atoms with Crippen molar-refractivity contribution in [2.75, 3.05) is 7.11 Å². The molecule has 14 heavy (non-hydrogen) atoms. The number of hydrogen-bond acceptors (Lipinski definition) is 3. The molecule has 1 rings (SSSR count). The van der Waals surface area contributed by atoms with Gasteiger partial charge in [-0.05, 0) is 6.07 Å². The van der Waals surface area contributed by atoms with Gasteiger partial charge in [-0.3, -0.25) is 0 Å². The molecule has 1 aromatic carbocycles. The van der Waals surface area contributed by atoms with E-state index in [-0.39, 0.29) is 18.0 Å². The van der Waals surface area contributed by atoms with E-state index in [0.29, 0.717) is 5.56 Å². The van der Waals surface area contributed by atoms with E-state index in [1.165, 1.54) is 13.2 Å². The number of para-hydroxylation sites is 1. The van der Waals surface area contributed by atoms with Crippen molar-refractivity contribution in [3.05, 3.63) is 23.8 Å². The molecule has 0 aromatic heterocycles. The molecule has 0 aliphatic carbocycles. The molecule has 5 heteroatoms. The molecule has 0 atom stereocenters. The van der Waals surface area contributed by atoms with Gasteiger partial charge in [-0.1, -0.05) is 12.1 Å². The lowest BCUT2D eigenvalue weighted by molar-refractivity contribution is -0.0518. The third-order valence-electron chi connectivity index (χ3n) is 1.71. The van der Waals surface area contributed by atoms with Gasteiger partial charge in [-0.25, -0.2) is 0 Å². The first-order valence-electron chi connectivity index (χ1n) is 3.99. The highest BCUT2D eigenvalue weighted by Crippen LogP contribution is 2.31. The van der Waals surface area contributed by atoms with E-state index in [2.05, 4.69) is 4.74 Å². The molecule has 0 fully saturated rings. The molecule has 0 radical (unpaired) electrons. The smallest absolute Gasteiger partial charge is 0.387 e. The number of halogens is 2. The summed E-state index contributed by atoms with van der Waals surface area (Å²) >= 11 is 0. The van der Waals surface area contributed by atoms with Crippen LogP contribution in [0.1, 0.15) is 5.56 Å². The van der Waals surface area contributed by atoms with Crippen LogP contribution in [0, 0.1) is 0 Å². The van der Waals surface area contributed by atoms with Crippen LogP contribution in [-0.2, 0) is 6.54 Å². The summed E-state index contributed by atoms with van der Waals surface area (Å²) in [6.45, 7) is -2.75. The second kappa shape index (κ2) is 4.76. The summed E-state index contributed by atoms with van der Waals surface area (Å²) < 4.78 is 33.3. The second-order valence-corrected chi connectivity index (χ2v) is 2.53. The molecular formula is C9H11F2NO2. The van der Waals surface area contributed by atoms with Crippen molar-refractivity contribution in [2.45, 2.75) is 13.2 Å². The van der Waals surface area contributed by atoms with Crippen molar-refractivity contribution < 1.29 is 18.3 Å². The predicted molar refractivity (Wildman–Crippen MR) is 47.5 cm³/mol. The molecule has 0 heterocycles. The summed E-state index contributed by atoms with van der Waals surface area (Å²) in [7, 11) is 1.38. The monoisotopic (exact) mass is 203 g/mol. The van der Waals surface area contributed by atoms with Gasteiger partial charge in [0.15, 0.2) is 11.5 Å². The predicted octanol–water partition coefficient (Wildman–Crippen LogP) is 1.76. The van der Waals surface area contributed by atoms with Gasteiger partial charge in [0.25, 0.3) is 0 Å². The summed E-state index contributed by atoms with van der Waals surface area (Å²) in [5, 5.41) is 0. The van der Waals surface area contributed by atoms with Crippen molar-refractivity contribution in [1.82, 2.24) is 0 Å². The van der Waals surface area contributed by atoms with Crippen LogP contribution in [-0.4, -0.2) is 13.7 Å². The highest BCUT2D eigenvalue weighted by Gasteiger charge is 2.13. The van der Waals surface area contributed by atoms with E-state index in [0.717, 1.165) is 0 Å². The Balaban J connectivity index is 3.05. The molecule has 1 aromatic rings. The molecule has 0 unspecified atom stereocenters. The Morgan fingerprint density at radius 2 is 2.14 bits per heavy atom. The van der Waals surface area contributed by atoms with Crippen LogP contribution < -0.4 is 15.2 Å². The number of nitrogens with two attached hydrogens (primary N) is 1. The molecule has 0 amide bonds. The van der Waals surface area contributed by atoms with Crippen LogP contribution in [0.2, 0.25) is 0 Å². The average molecular weight is 203 g/mol. The zero-order chi connectivity index (χ0) is 10.6. The fraction of sp³-hybridized carbons (Fsp3) is 0.333. The van der Waals surface area contributed by atoms with Crippen molar-refractivity contribution in [2.24, 2.45) is 5.73 Å². The van der Waals surface area contributed by atoms with E-state index >= 15 is 0 Å². The number of methoxy groups -OCH3 is 1. The third kappa shape index (κ3) is 2.32. The number of rotatable bonds is 4. The molecule has 0 aliphatic heterocycles. The molecule has 2 N–H and O–H groups in total. The van der Waals surface area contributed by atoms with Crippen LogP contribution in [0.25, 0.3) is 0 Å². The lowest BCUT2D eigenvalue weighted by atomic mass is 10.2. The largest absolute Gasteiger partial charge is 0.493 e. The van der Waals surface area contributed by atoms with Crippen molar-refractivity contribution in [1.29, 1.82) is 0 Å². The van der Waals surface area contributed by atoms with Gasteiger partial charge in [-0.2, -0.15) is 8.78 Å². The molecule has 0 saturated heterocycles. The maximum absolute atomic E-state index is 12.0. The summed E-state index contributed by atoms with van der Waals surface area (Å²) in [4.78, 5) is 0. The normalized spacial score (nSPS) is 10.4. The van der Waals surface area contributed by atoms with Gasteiger partial charge in [0, 0.05) is 12.1 Å². The maximum atomic E-state index is 12.0. The van der Waals surface area contributed by atoms with Crippen LogP contribution in [0.3, 0.4) is 0 Å².